The summed E-state index contributed by atoms with van der Waals surface area (Å²) in [5.74, 6) is -1.45. The van der Waals surface area contributed by atoms with E-state index in [-0.39, 0.29) is 24.0 Å². The van der Waals surface area contributed by atoms with E-state index >= 15 is 0 Å². The molecule has 0 aliphatic rings. The van der Waals surface area contributed by atoms with Gasteiger partial charge in [0.25, 0.3) is 17.5 Å². The molecule has 1 aromatic carbocycles. The van der Waals surface area contributed by atoms with Gasteiger partial charge in [-0.1, -0.05) is 12.1 Å². The van der Waals surface area contributed by atoms with Gasteiger partial charge < -0.3 is 9.64 Å². The van der Waals surface area contributed by atoms with E-state index in [0.29, 0.717) is 12.1 Å². The van der Waals surface area contributed by atoms with E-state index in [1.54, 1.807) is 19.1 Å². The van der Waals surface area contributed by atoms with Gasteiger partial charge in [0.2, 0.25) is 0 Å². The van der Waals surface area contributed by atoms with Gasteiger partial charge in [-0.05, 0) is 44.5 Å². The number of rotatable bonds is 6. The van der Waals surface area contributed by atoms with Crippen molar-refractivity contribution in [3.63, 3.8) is 0 Å². The fourth-order valence-corrected chi connectivity index (χ4v) is 2.77. The highest BCUT2D eigenvalue weighted by Gasteiger charge is 2.20. The zero-order valence-electron chi connectivity index (χ0n) is 15.8. The lowest BCUT2D eigenvalue weighted by Gasteiger charge is -2.20. The highest BCUT2D eigenvalue weighted by Crippen LogP contribution is 2.09. The van der Waals surface area contributed by atoms with Crippen LogP contribution in [-0.4, -0.2) is 49.5 Å². The quantitative estimate of drug-likeness (QED) is 0.604. The van der Waals surface area contributed by atoms with Crippen molar-refractivity contribution in [1.82, 2.24) is 24.5 Å². The Bertz CT molecular complexity index is 1030. The molecule has 0 atom stereocenters. The maximum absolute atomic E-state index is 13.3. The van der Waals surface area contributed by atoms with Crippen molar-refractivity contribution in [3.8, 4) is 0 Å². The molecule has 0 N–H and O–H groups in total. The first-order valence-electron chi connectivity index (χ1n) is 8.77. The minimum absolute atomic E-state index is 0.165. The summed E-state index contributed by atoms with van der Waals surface area (Å²) in [6.45, 7) is 5.58. The van der Waals surface area contributed by atoms with Gasteiger partial charge in [-0.2, -0.15) is 4.98 Å². The third-order valence-electron chi connectivity index (χ3n) is 4.12. The molecule has 8 nitrogen and oxygen atoms in total. The summed E-state index contributed by atoms with van der Waals surface area (Å²) in [5, 5.41) is 4.08. The van der Waals surface area contributed by atoms with Gasteiger partial charge in [-0.15, -0.1) is 5.10 Å². The second kappa shape index (κ2) is 8.12. The van der Waals surface area contributed by atoms with Gasteiger partial charge in [0.15, 0.2) is 6.61 Å². The predicted octanol–water partition coefficient (Wildman–Crippen LogP) is 2.09. The fourth-order valence-electron chi connectivity index (χ4n) is 2.77. The topological polar surface area (TPSA) is 89.7 Å². The van der Waals surface area contributed by atoms with Crippen LogP contribution in [0.1, 0.15) is 34.5 Å². The molecular weight excluding hydrogens is 365 g/mol. The Hall–Kier alpha value is -3.36. The van der Waals surface area contributed by atoms with Crippen LogP contribution in [0.3, 0.4) is 0 Å². The molecule has 0 saturated carbocycles. The normalized spacial score (nSPS) is 10.9. The number of aromatic nitrogens is 4. The predicted molar refractivity (Wildman–Crippen MR) is 98.0 cm³/mol. The van der Waals surface area contributed by atoms with E-state index in [0.717, 1.165) is 11.4 Å². The Morgan fingerprint density at radius 1 is 1.21 bits per heavy atom. The molecule has 0 unspecified atom stereocenters. The molecule has 146 valence electrons. The maximum Gasteiger partial charge on any atom is 0.378 e. The van der Waals surface area contributed by atoms with Crippen molar-refractivity contribution in [3.05, 3.63) is 58.9 Å². The lowest BCUT2D eigenvalue weighted by Crippen LogP contribution is -2.34. The standard InChI is InChI=1S/C19H20FN5O3/c1-4-24(10-14-6-5-7-15(20)9-14)16(26)11-28-18(27)17-22-19-21-12(2)8-13(3)25(19)23-17/h5-9H,4,10-11H2,1-3H3. The van der Waals surface area contributed by atoms with E-state index in [1.165, 1.54) is 21.5 Å². The molecule has 0 spiro atoms. The van der Waals surface area contributed by atoms with Crippen LogP contribution in [0, 0.1) is 19.7 Å². The highest BCUT2D eigenvalue weighted by atomic mass is 19.1. The minimum atomic E-state index is -0.808. The first kappa shape index (κ1) is 19.4. The second-order valence-electron chi connectivity index (χ2n) is 6.30. The number of esters is 1. The summed E-state index contributed by atoms with van der Waals surface area (Å²) < 4.78 is 19.8. The molecule has 0 radical (unpaired) electrons. The van der Waals surface area contributed by atoms with Crippen molar-refractivity contribution in [2.45, 2.75) is 27.3 Å². The molecule has 3 rings (SSSR count). The number of ether oxygens (including phenoxy) is 1. The average Bonchev–Trinajstić information content (AvgIpc) is 3.08. The number of halogens is 1. The number of amides is 1. The third kappa shape index (κ3) is 4.30. The molecule has 9 heteroatoms. The van der Waals surface area contributed by atoms with Gasteiger partial charge in [0, 0.05) is 24.5 Å². The zero-order chi connectivity index (χ0) is 20.3. The average molecular weight is 385 g/mol. The van der Waals surface area contributed by atoms with Crippen molar-refractivity contribution in [2.75, 3.05) is 13.2 Å². The summed E-state index contributed by atoms with van der Waals surface area (Å²) in [6.07, 6.45) is 0. The van der Waals surface area contributed by atoms with Crippen LogP contribution < -0.4 is 0 Å². The molecule has 1 amide bonds. The molecule has 0 aliphatic heterocycles. The Balaban J connectivity index is 1.64. The highest BCUT2D eigenvalue weighted by molar-refractivity contribution is 5.88. The molecule has 3 aromatic rings. The van der Waals surface area contributed by atoms with Gasteiger partial charge in [0.05, 0.1) is 0 Å². The molecular formula is C19H20FN5O3. The number of nitrogens with zero attached hydrogens (tertiary/aromatic N) is 5. The summed E-state index contributed by atoms with van der Waals surface area (Å²) in [7, 11) is 0. The first-order chi connectivity index (χ1) is 13.4. The van der Waals surface area contributed by atoms with E-state index in [2.05, 4.69) is 15.1 Å². The number of hydrogen-bond donors (Lipinski definition) is 0. The minimum Gasteiger partial charge on any atom is -0.450 e. The van der Waals surface area contributed by atoms with Gasteiger partial charge in [0.1, 0.15) is 5.82 Å². The molecule has 2 heterocycles. The fraction of sp³-hybridized carbons (Fsp3) is 0.316. The molecule has 2 aromatic heterocycles. The Labute approximate surface area is 161 Å². The number of benzene rings is 1. The largest absolute Gasteiger partial charge is 0.450 e. The van der Waals surface area contributed by atoms with Crippen LogP contribution >= 0.6 is 0 Å². The molecule has 0 fully saturated rings. The lowest BCUT2D eigenvalue weighted by atomic mass is 10.2. The number of likely N-dealkylation sites (N-methyl/N-ethyl adjacent to an activating group) is 1. The molecule has 0 aliphatic carbocycles. The first-order valence-corrected chi connectivity index (χ1v) is 8.77. The smallest absolute Gasteiger partial charge is 0.378 e. The van der Waals surface area contributed by atoms with Crippen LogP contribution in [0.5, 0.6) is 0 Å². The van der Waals surface area contributed by atoms with Crippen molar-refractivity contribution < 1.29 is 18.7 Å². The third-order valence-corrected chi connectivity index (χ3v) is 4.12. The SMILES string of the molecule is CCN(Cc1cccc(F)c1)C(=O)COC(=O)c1nc2nc(C)cc(C)n2n1. The summed E-state index contributed by atoms with van der Waals surface area (Å²) in [6, 6.07) is 7.81. The Kier molecular flexibility index (Phi) is 5.62. The summed E-state index contributed by atoms with van der Waals surface area (Å²) in [4.78, 5) is 34.3. The molecule has 0 bridgehead atoms. The lowest BCUT2D eigenvalue weighted by molar-refractivity contribution is -0.135. The summed E-state index contributed by atoms with van der Waals surface area (Å²) >= 11 is 0. The van der Waals surface area contributed by atoms with Crippen LogP contribution in [0.25, 0.3) is 5.78 Å². The number of fused-ring (bicyclic) bond motifs is 1. The molecule has 28 heavy (non-hydrogen) atoms. The second-order valence-corrected chi connectivity index (χ2v) is 6.30. The van der Waals surface area contributed by atoms with Crippen LogP contribution in [-0.2, 0) is 16.1 Å². The number of hydrogen-bond acceptors (Lipinski definition) is 6. The van der Waals surface area contributed by atoms with Crippen molar-refractivity contribution in [2.24, 2.45) is 0 Å². The van der Waals surface area contributed by atoms with E-state index < -0.39 is 18.5 Å². The monoisotopic (exact) mass is 385 g/mol. The van der Waals surface area contributed by atoms with Gasteiger partial charge >= 0.3 is 5.97 Å². The van der Waals surface area contributed by atoms with E-state index in [9.17, 15) is 14.0 Å². The van der Waals surface area contributed by atoms with Crippen molar-refractivity contribution >= 4 is 17.7 Å². The zero-order valence-corrected chi connectivity index (χ0v) is 15.8. The van der Waals surface area contributed by atoms with E-state index in [1.807, 2.05) is 19.9 Å². The number of carbonyl (C=O) groups is 2. The van der Waals surface area contributed by atoms with Gasteiger partial charge in [-0.25, -0.2) is 18.7 Å². The van der Waals surface area contributed by atoms with Gasteiger partial charge in [-0.3, -0.25) is 4.79 Å². The van der Waals surface area contributed by atoms with Crippen LogP contribution in [0.4, 0.5) is 4.39 Å². The Morgan fingerprint density at radius 2 is 2.00 bits per heavy atom. The van der Waals surface area contributed by atoms with E-state index in [4.69, 9.17) is 4.74 Å². The summed E-state index contributed by atoms with van der Waals surface area (Å²) in [5.41, 5.74) is 2.18. The number of carbonyl (C=O) groups excluding carboxylic acids is 2. The van der Waals surface area contributed by atoms with Crippen LogP contribution in [0.15, 0.2) is 30.3 Å². The van der Waals surface area contributed by atoms with Crippen LogP contribution in [0.2, 0.25) is 0 Å². The maximum atomic E-state index is 13.3. The Morgan fingerprint density at radius 3 is 2.71 bits per heavy atom. The molecule has 0 saturated heterocycles. The number of aryl methyl sites for hydroxylation is 2. The van der Waals surface area contributed by atoms with Crippen molar-refractivity contribution in [1.29, 1.82) is 0 Å².